The minimum atomic E-state index is -0.826. The minimum absolute atomic E-state index is 0.0523. The second-order valence-electron chi connectivity index (χ2n) is 5.25. The summed E-state index contributed by atoms with van der Waals surface area (Å²) in [5.74, 6) is -2.60. The molecule has 26 heavy (non-hydrogen) atoms. The van der Waals surface area contributed by atoms with Gasteiger partial charge in [0.05, 0.1) is 18.0 Å². The lowest BCUT2D eigenvalue weighted by molar-refractivity contribution is -0.134. The summed E-state index contributed by atoms with van der Waals surface area (Å²) in [6, 6.07) is 1.35. The Morgan fingerprint density at radius 2 is 1.77 bits per heavy atom. The van der Waals surface area contributed by atoms with Crippen LogP contribution in [0.5, 0.6) is 11.5 Å². The minimum Gasteiger partial charge on any atom is -0.465 e. The predicted octanol–water partition coefficient (Wildman–Crippen LogP) is 2.31. The van der Waals surface area contributed by atoms with E-state index in [2.05, 4.69) is 4.74 Å². The van der Waals surface area contributed by atoms with E-state index < -0.39 is 23.3 Å². The van der Waals surface area contributed by atoms with Gasteiger partial charge in [0, 0.05) is 32.7 Å². The summed E-state index contributed by atoms with van der Waals surface area (Å²) >= 11 is 6.29. The fraction of sp³-hybridized carbons (Fsp3) is 0.294. The predicted molar refractivity (Wildman–Crippen MR) is 92.8 cm³/mol. The number of carbonyl (C=O) groups excluding carboxylic acids is 3. The van der Waals surface area contributed by atoms with Crippen molar-refractivity contribution >= 4 is 40.4 Å². The molecule has 0 fully saturated rings. The first kappa shape index (κ1) is 19.5. The van der Waals surface area contributed by atoms with Gasteiger partial charge in [-0.15, -0.1) is 0 Å². The SMILES string of the molecule is CCn1cc(C(=O)OC)c(=O)c2c(Cl)c(OC(C)=O)c(OC(C)=O)cc21. The maximum absolute atomic E-state index is 12.7. The maximum Gasteiger partial charge on any atom is 0.343 e. The van der Waals surface area contributed by atoms with Crippen molar-refractivity contribution in [3.63, 3.8) is 0 Å². The number of esters is 3. The third kappa shape index (κ3) is 3.55. The molecule has 0 aliphatic rings. The molecule has 0 radical (unpaired) electrons. The number of pyridine rings is 1. The summed E-state index contributed by atoms with van der Waals surface area (Å²) in [4.78, 5) is 47.4. The maximum atomic E-state index is 12.7. The molecule has 0 bridgehead atoms. The highest BCUT2D eigenvalue weighted by Gasteiger charge is 2.24. The number of methoxy groups -OCH3 is 1. The molecular formula is C17H16ClNO7. The highest BCUT2D eigenvalue weighted by atomic mass is 35.5. The second-order valence-corrected chi connectivity index (χ2v) is 5.63. The van der Waals surface area contributed by atoms with Gasteiger partial charge in [-0.2, -0.15) is 0 Å². The molecule has 0 amide bonds. The quantitative estimate of drug-likeness (QED) is 0.591. The van der Waals surface area contributed by atoms with Crippen LogP contribution in [0.3, 0.4) is 0 Å². The van der Waals surface area contributed by atoms with Crippen molar-refractivity contribution in [1.29, 1.82) is 0 Å². The van der Waals surface area contributed by atoms with Crippen molar-refractivity contribution in [2.24, 2.45) is 0 Å². The summed E-state index contributed by atoms with van der Waals surface area (Å²) in [5, 5.41) is -0.296. The standard InChI is InChI=1S/C17H16ClNO7/c1-5-19-7-10(17(23)24-4)15(22)13-11(19)6-12(25-8(2)20)16(14(13)18)26-9(3)21/h6-7H,5H2,1-4H3. The van der Waals surface area contributed by atoms with Crippen molar-refractivity contribution in [2.75, 3.05) is 7.11 Å². The van der Waals surface area contributed by atoms with Crippen molar-refractivity contribution < 1.29 is 28.6 Å². The van der Waals surface area contributed by atoms with Crippen LogP contribution in [0.25, 0.3) is 10.9 Å². The van der Waals surface area contributed by atoms with Gasteiger partial charge in [-0.25, -0.2) is 4.79 Å². The molecule has 0 unspecified atom stereocenters. The first-order chi connectivity index (χ1) is 12.2. The molecule has 0 spiro atoms. The number of halogens is 1. The molecule has 0 N–H and O–H groups in total. The Bertz CT molecular complexity index is 977. The summed E-state index contributed by atoms with van der Waals surface area (Å²) in [6.45, 7) is 4.46. The van der Waals surface area contributed by atoms with Crippen LogP contribution in [0.4, 0.5) is 0 Å². The van der Waals surface area contributed by atoms with Crippen LogP contribution in [0.1, 0.15) is 31.1 Å². The van der Waals surface area contributed by atoms with Crippen LogP contribution in [0, 0.1) is 0 Å². The number of fused-ring (bicyclic) bond motifs is 1. The number of ether oxygens (including phenoxy) is 3. The molecule has 0 saturated heterocycles. The van der Waals surface area contributed by atoms with Gasteiger partial charge in [0.25, 0.3) is 0 Å². The molecular weight excluding hydrogens is 366 g/mol. The number of benzene rings is 1. The Hall–Kier alpha value is -2.87. The fourth-order valence-electron chi connectivity index (χ4n) is 2.44. The molecule has 2 aromatic rings. The van der Waals surface area contributed by atoms with E-state index in [4.69, 9.17) is 21.1 Å². The van der Waals surface area contributed by atoms with E-state index in [-0.39, 0.29) is 27.5 Å². The Morgan fingerprint density at radius 1 is 1.15 bits per heavy atom. The first-order valence-electron chi connectivity index (χ1n) is 7.56. The van der Waals surface area contributed by atoms with E-state index in [9.17, 15) is 19.2 Å². The summed E-state index contributed by atoms with van der Waals surface area (Å²) in [7, 11) is 1.15. The Morgan fingerprint density at radius 3 is 2.27 bits per heavy atom. The van der Waals surface area contributed by atoms with Crippen LogP contribution >= 0.6 is 11.6 Å². The zero-order valence-corrected chi connectivity index (χ0v) is 15.3. The van der Waals surface area contributed by atoms with Gasteiger partial charge in [0.1, 0.15) is 10.6 Å². The molecule has 1 aromatic carbocycles. The lowest BCUT2D eigenvalue weighted by Crippen LogP contribution is -2.21. The smallest absolute Gasteiger partial charge is 0.343 e. The van der Waals surface area contributed by atoms with Crippen molar-refractivity contribution in [1.82, 2.24) is 4.57 Å². The molecule has 0 aliphatic heterocycles. The van der Waals surface area contributed by atoms with Crippen LogP contribution in [0.2, 0.25) is 5.02 Å². The van der Waals surface area contributed by atoms with E-state index in [1.54, 1.807) is 11.5 Å². The van der Waals surface area contributed by atoms with Crippen LogP contribution < -0.4 is 14.9 Å². The molecule has 0 saturated carbocycles. The van der Waals surface area contributed by atoms with Gasteiger partial charge in [-0.05, 0) is 6.92 Å². The third-order valence-electron chi connectivity index (χ3n) is 3.48. The molecule has 8 nitrogen and oxygen atoms in total. The number of aryl methyl sites for hydroxylation is 1. The third-order valence-corrected chi connectivity index (χ3v) is 3.84. The molecule has 9 heteroatoms. The zero-order chi connectivity index (χ0) is 19.6. The zero-order valence-electron chi connectivity index (χ0n) is 14.5. The Labute approximate surface area is 153 Å². The van der Waals surface area contributed by atoms with Crippen LogP contribution in [0.15, 0.2) is 17.1 Å². The summed E-state index contributed by atoms with van der Waals surface area (Å²) < 4.78 is 16.3. The fourth-order valence-corrected chi connectivity index (χ4v) is 2.76. The summed E-state index contributed by atoms with van der Waals surface area (Å²) in [6.07, 6.45) is 1.33. The summed E-state index contributed by atoms with van der Waals surface area (Å²) in [5.41, 5.74) is -0.607. The van der Waals surface area contributed by atoms with Crippen molar-refractivity contribution in [3.8, 4) is 11.5 Å². The normalized spacial score (nSPS) is 10.5. The monoisotopic (exact) mass is 381 g/mol. The topological polar surface area (TPSA) is 101 Å². The van der Waals surface area contributed by atoms with E-state index in [0.29, 0.717) is 12.1 Å². The van der Waals surface area contributed by atoms with Gasteiger partial charge < -0.3 is 18.8 Å². The molecule has 0 atom stereocenters. The van der Waals surface area contributed by atoms with Crippen molar-refractivity contribution in [2.45, 2.75) is 27.3 Å². The largest absolute Gasteiger partial charge is 0.465 e. The van der Waals surface area contributed by atoms with Gasteiger partial charge >= 0.3 is 17.9 Å². The van der Waals surface area contributed by atoms with Gasteiger partial charge in [-0.3, -0.25) is 14.4 Å². The highest BCUT2D eigenvalue weighted by molar-refractivity contribution is 6.37. The van der Waals surface area contributed by atoms with E-state index >= 15 is 0 Å². The van der Waals surface area contributed by atoms with E-state index in [0.717, 1.165) is 14.0 Å². The number of rotatable bonds is 4. The number of hydrogen-bond acceptors (Lipinski definition) is 7. The lowest BCUT2D eigenvalue weighted by Gasteiger charge is -2.16. The van der Waals surface area contributed by atoms with Gasteiger partial charge in [0.2, 0.25) is 5.43 Å². The van der Waals surface area contributed by atoms with Crippen LogP contribution in [-0.2, 0) is 20.9 Å². The van der Waals surface area contributed by atoms with Gasteiger partial charge in [-0.1, -0.05) is 11.6 Å². The molecule has 1 heterocycles. The molecule has 0 aliphatic carbocycles. The number of carbonyl (C=O) groups is 3. The van der Waals surface area contributed by atoms with Crippen molar-refractivity contribution in [3.05, 3.63) is 33.1 Å². The first-order valence-corrected chi connectivity index (χ1v) is 7.93. The Balaban J connectivity index is 2.97. The highest BCUT2D eigenvalue weighted by Crippen LogP contribution is 2.40. The van der Waals surface area contributed by atoms with E-state index in [1.807, 2.05) is 0 Å². The van der Waals surface area contributed by atoms with Gasteiger partial charge in [0.15, 0.2) is 11.5 Å². The average Bonchev–Trinajstić information content (AvgIpc) is 2.57. The number of nitrogens with zero attached hydrogens (tertiary/aromatic N) is 1. The average molecular weight is 382 g/mol. The molecule has 1 aromatic heterocycles. The number of aromatic nitrogens is 1. The molecule has 138 valence electrons. The Kier molecular flexibility index (Phi) is 5.66. The van der Waals surface area contributed by atoms with E-state index in [1.165, 1.54) is 19.2 Å². The molecule has 2 rings (SSSR count). The second kappa shape index (κ2) is 7.57. The lowest BCUT2D eigenvalue weighted by atomic mass is 10.1. The van der Waals surface area contributed by atoms with Crippen LogP contribution in [-0.4, -0.2) is 29.6 Å². The number of hydrogen-bond donors (Lipinski definition) is 0.